The number of carbonyl (C=O) groups excluding carboxylic acids is 3. The predicted molar refractivity (Wildman–Crippen MR) is 406 cm³/mol. The zero-order valence-corrected chi connectivity index (χ0v) is 68.3. The van der Waals surface area contributed by atoms with Gasteiger partial charge in [0.1, 0.15) is 0 Å². The third-order valence-electron chi connectivity index (χ3n) is 12.3. The van der Waals surface area contributed by atoms with E-state index in [1.165, 1.54) is 83.1 Å². The van der Waals surface area contributed by atoms with Crippen LogP contribution in [0.2, 0.25) is 13.3 Å². The Bertz CT molecular complexity index is 3120. The van der Waals surface area contributed by atoms with Gasteiger partial charge in [-0.15, -0.1) is 79.4 Å². The molecule has 476 valence electrons. The molecule has 9 heterocycles. The van der Waals surface area contributed by atoms with Crippen LogP contribution in [0.1, 0.15) is 102 Å². The summed E-state index contributed by atoms with van der Waals surface area (Å²) in [6, 6.07) is 29.7. The summed E-state index contributed by atoms with van der Waals surface area (Å²) >= 11 is 40.4. The number of esters is 3. The van der Waals surface area contributed by atoms with Crippen LogP contribution in [-0.4, -0.2) is 72.1 Å². The van der Waals surface area contributed by atoms with Crippen LogP contribution >= 0.6 is 197 Å². The molecule has 0 saturated heterocycles. The van der Waals surface area contributed by atoms with Crippen LogP contribution in [0.5, 0.6) is 0 Å². The smallest absolute Gasteiger partial charge is 0.310 e. The van der Waals surface area contributed by atoms with Crippen molar-refractivity contribution in [1.82, 2.24) is 0 Å². The van der Waals surface area contributed by atoms with E-state index in [-0.39, 0.29) is 24.5 Å². The summed E-state index contributed by atoms with van der Waals surface area (Å²) in [5.74, 6) is -0.495. The molecule has 0 amide bonds. The summed E-state index contributed by atoms with van der Waals surface area (Å²) in [4.78, 5) is 43.9. The van der Waals surface area contributed by atoms with Crippen molar-refractivity contribution in [3.8, 4) is 39.0 Å². The summed E-state index contributed by atoms with van der Waals surface area (Å²) in [6.07, 6.45) is 10.4. The Morgan fingerprint density at radius 2 is 0.931 bits per heavy atom. The van der Waals surface area contributed by atoms with Gasteiger partial charge in [-0.05, 0) is 162 Å². The molecule has 9 rings (SSSR count). The van der Waals surface area contributed by atoms with Gasteiger partial charge in [0.15, 0.2) is 4.30 Å². The molecular weight excluding hydrogens is 1700 g/mol. The largest absolute Gasteiger partial charge is 0.466 e. The summed E-state index contributed by atoms with van der Waals surface area (Å²) in [5.41, 5.74) is 4.32. The molecule has 0 aromatic carbocycles. The maximum absolute atomic E-state index is 11.8. The van der Waals surface area contributed by atoms with Gasteiger partial charge in [-0.25, -0.2) is 0 Å². The van der Waals surface area contributed by atoms with E-state index >= 15 is 0 Å². The monoisotopic (exact) mass is 1770 g/mol. The number of alkyl halides is 3. The molecule has 0 spiro atoms. The second kappa shape index (κ2) is 48.0. The van der Waals surface area contributed by atoms with Crippen LogP contribution in [0.15, 0.2) is 130 Å². The van der Waals surface area contributed by atoms with Crippen molar-refractivity contribution in [2.24, 2.45) is 0 Å². The van der Waals surface area contributed by atoms with Crippen LogP contribution < -0.4 is 2.89 Å². The van der Waals surface area contributed by atoms with Crippen LogP contribution in [0, 0.1) is 0 Å². The number of unbranched alkanes of at least 4 members (excludes halogenated alkanes) is 3. The number of carbonyl (C=O) groups is 3. The Labute approximate surface area is 603 Å². The van der Waals surface area contributed by atoms with E-state index in [0.29, 0.717) is 39.1 Å². The third-order valence-corrected chi connectivity index (χ3v) is 41.4. The van der Waals surface area contributed by atoms with Crippen LogP contribution in [0.4, 0.5) is 0 Å². The Morgan fingerprint density at radius 3 is 1.30 bits per heavy atom. The maximum atomic E-state index is 11.8. The molecule has 0 fully saturated rings. The number of ether oxygens (including phenoxy) is 3. The molecule has 0 aliphatic rings. The van der Waals surface area contributed by atoms with Crippen molar-refractivity contribution in [3.63, 3.8) is 0 Å². The molecule has 24 heteroatoms. The van der Waals surface area contributed by atoms with Gasteiger partial charge in [0.25, 0.3) is 0 Å². The minimum Gasteiger partial charge on any atom is -0.466 e. The molecule has 9 aromatic rings. The first-order valence-electron chi connectivity index (χ1n) is 28.2. The molecule has 7 nitrogen and oxygen atoms in total. The predicted octanol–water partition coefficient (Wildman–Crippen LogP) is 24.8. The van der Waals surface area contributed by atoms with Gasteiger partial charge in [-0.3, -0.25) is 14.4 Å². The number of halogens is 7. The second-order valence-electron chi connectivity index (χ2n) is 18.6. The van der Waals surface area contributed by atoms with Gasteiger partial charge in [0.2, 0.25) is 0 Å². The molecule has 87 heavy (non-hydrogen) atoms. The number of aliphatic hydroxyl groups excluding tert-OH is 1. The van der Waals surface area contributed by atoms with Crippen LogP contribution in [0.3, 0.4) is 0 Å². The SMILES string of the molecule is BrBr.CCC[CH2][Sn]([CH2]CCC)([CH2]CCC)[c]1cccs1.CCOC(=O)Cc1cc(-c2cccs2)sc1-c1cccs1.CCOC(=O)Cc1cc(Br)sc1Br.CCOC(=O)Cc1ccsc1.ClC(Cl)Cl.OCCc1cc(-c2cccs2)sc1-c1cccs1. The molecule has 0 aliphatic heterocycles. The number of hydrogen-bond donors (Lipinski definition) is 1. The first kappa shape index (κ1) is 80.5. The van der Waals surface area contributed by atoms with E-state index in [4.69, 9.17) is 49.0 Å². The topological polar surface area (TPSA) is 99.1 Å². The number of aliphatic hydroxyl groups is 1. The zero-order chi connectivity index (χ0) is 63.8. The minimum absolute atomic E-state index is 0.147. The van der Waals surface area contributed by atoms with E-state index in [1.54, 1.807) is 99.6 Å². The average Bonchev–Trinajstić information content (AvgIpc) is 3.23. The van der Waals surface area contributed by atoms with Crippen molar-refractivity contribution in [2.75, 3.05) is 26.4 Å². The molecule has 0 saturated carbocycles. The van der Waals surface area contributed by atoms with Gasteiger partial charge in [-0.2, -0.15) is 11.3 Å². The van der Waals surface area contributed by atoms with Crippen molar-refractivity contribution < 1.29 is 33.7 Å². The van der Waals surface area contributed by atoms with Gasteiger partial charge in [-0.1, -0.05) is 59.1 Å². The molecule has 9 aromatic heterocycles. The molecule has 0 bridgehead atoms. The van der Waals surface area contributed by atoms with Crippen molar-refractivity contribution in [1.29, 1.82) is 0 Å². The second-order valence-corrected chi connectivity index (χ2v) is 46.1. The van der Waals surface area contributed by atoms with Gasteiger partial charge in [0.05, 0.1) is 46.7 Å². The standard InChI is InChI=1S/C16H14O2S3.C14H12OS3.C8H8Br2O2S.C8H10O2S.C4H3S.3C4H9.CHCl3.Br2.Sn/c1-2-18-15(17)10-11-9-14(12-5-3-7-19-12)21-16(11)13-6-4-8-20-13;15-6-5-10-9-13(11-3-1-7-16-11)18-14(10)12-4-2-8-17-12;1-2-12-7(11)4-5-3-6(9)13-8(5)10;1-2-10-8(9)5-7-3-4-11-6-7;1-2-4-5-3-1;3*1-3-4-2;2-1(3)4;1-2;/h3-9H,2,10H2,1H3;1-4,7-9,15H,5-6H2;3H,2,4H2,1H3;3-4,6H,2,5H2,1H3;1-3H;3*1,3-4H2,2H3;1H;;. The molecule has 0 aliphatic carbocycles. The minimum atomic E-state index is -2.01. The maximum Gasteiger partial charge on any atom is 0.310 e. The van der Waals surface area contributed by atoms with Crippen molar-refractivity contribution >= 4 is 236 Å². The normalized spacial score (nSPS) is 10.5. The van der Waals surface area contributed by atoms with Gasteiger partial charge in [0, 0.05) is 73.9 Å². The van der Waals surface area contributed by atoms with E-state index in [0.717, 1.165) is 30.7 Å². The fourth-order valence-corrected chi connectivity index (χ4v) is 37.6. The Kier molecular flexibility index (Phi) is 44.4. The Morgan fingerprint density at radius 1 is 0.517 bits per heavy atom. The molecule has 0 radical (unpaired) electrons. The fraction of sp³-hybridized carbons (Fsp3) is 0.381. The van der Waals surface area contributed by atoms with E-state index in [9.17, 15) is 19.5 Å². The summed E-state index contributed by atoms with van der Waals surface area (Å²) in [5, 5.41) is 23.8. The summed E-state index contributed by atoms with van der Waals surface area (Å²) in [6.45, 7) is 14.0. The molecular formula is C63H75Br4Cl3O7S9Sn. The van der Waals surface area contributed by atoms with Gasteiger partial charge < -0.3 is 19.3 Å². The summed E-state index contributed by atoms with van der Waals surface area (Å²) < 4.78 is 22.6. The zero-order valence-electron chi connectivity index (χ0n) is 49.4. The first-order chi connectivity index (χ1) is 42.1. The number of rotatable bonds is 25. The van der Waals surface area contributed by atoms with E-state index in [1.807, 2.05) is 57.0 Å². The summed E-state index contributed by atoms with van der Waals surface area (Å²) in [7, 11) is 0. The number of thiophene rings is 9. The number of hydrogen-bond acceptors (Lipinski definition) is 16. The molecule has 0 unspecified atom stereocenters. The quantitative estimate of drug-likeness (QED) is 0.0263. The van der Waals surface area contributed by atoms with Gasteiger partial charge >= 0.3 is 141 Å². The molecule has 0 atom stereocenters. The van der Waals surface area contributed by atoms with Crippen LogP contribution in [0.25, 0.3) is 39.0 Å². The average molecular weight is 1780 g/mol. The Hall–Kier alpha value is -0.741. The van der Waals surface area contributed by atoms with E-state index < -0.39 is 22.7 Å². The van der Waals surface area contributed by atoms with E-state index in [2.05, 4.69) is 186 Å². The Balaban J connectivity index is 0.000000282. The third kappa shape index (κ3) is 30.9. The first-order valence-corrected chi connectivity index (χ1v) is 50.1. The van der Waals surface area contributed by atoms with Crippen LogP contribution in [-0.2, 0) is 54.3 Å². The molecule has 1 N–H and O–H groups in total. The fourth-order valence-electron chi connectivity index (χ4n) is 8.48. The van der Waals surface area contributed by atoms with Crippen molar-refractivity contribution in [2.45, 2.75) is 123 Å². The van der Waals surface area contributed by atoms with Crippen molar-refractivity contribution in [3.05, 3.63) is 152 Å².